The van der Waals surface area contributed by atoms with E-state index < -0.39 is 24.0 Å². The van der Waals surface area contributed by atoms with Crippen LogP contribution in [0, 0.1) is 6.92 Å². The first-order valence-corrected chi connectivity index (χ1v) is 11.1. The number of Topliss-reactive ketones (excluding diaryl/α,β-unsaturated/α-hetero) is 1. The lowest BCUT2D eigenvalue weighted by molar-refractivity contribution is -0.142. The van der Waals surface area contributed by atoms with Gasteiger partial charge in [-0.25, -0.2) is 4.79 Å². The standard InChI is InChI=1S/C25H26N2O7/c1-15-18-6-5-17(32-2)12-22(18)34-25(31)19(15)7-8-23(29)33-14-21(28)16-11-20(26-13-16)24(30)27-9-3-4-10-27/h5-6,11-13,26H,3-4,7-10,14H2,1-2H3. The summed E-state index contributed by atoms with van der Waals surface area (Å²) in [6, 6.07) is 6.69. The fourth-order valence-electron chi connectivity index (χ4n) is 4.09. The Labute approximate surface area is 195 Å². The third-order valence-electron chi connectivity index (χ3n) is 6.07. The number of benzene rings is 1. The molecule has 1 saturated heterocycles. The fourth-order valence-corrected chi connectivity index (χ4v) is 4.09. The van der Waals surface area contributed by atoms with Crippen LogP contribution < -0.4 is 10.4 Å². The number of amides is 1. The van der Waals surface area contributed by atoms with Crippen LogP contribution in [-0.2, 0) is 16.0 Å². The van der Waals surface area contributed by atoms with Crippen LogP contribution in [0.4, 0.5) is 0 Å². The number of aryl methyl sites for hydroxylation is 1. The van der Waals surface area contributed by atoms with E-state index in [1.165, 1.54) is 19.4 Å². The highest BCUT2D eigenvalue weighted by molar-refractivity contribution is 6.01. The van der Waals surface area contributed by atoms with E-state index in [2.05, 4.69) is 4.98 Å². The molecule has 1 aliphatic heterocycles. The molecule has 0 aliphatic carbocycles. The Morgan fingerprint density at radius 2 is 1.91 bits per heavy atom. The van der Waals surface area contributed by atoms with Gasteiger partial charge in [0.05, 0.1) is 7.11 Å². The van der Waals surface area contributed by atoms with Gasteiger partial charge in [0.15, 0.2) is 6.61 Å². The number of nitrogens with zero attached hydrogens (tertiary/aromatic N) is 1. The zero-order valence-electron chi connectivity index (χ0n) is 19.1. The third-order valence-corrected chi connectivity index (χ3v) is 6.07. The molecule has 178 valence electrons. The second-order valence-corrected chi connectivity index (χ2v) is 8.24. The van der Waals surface area contributed by atoms with Gasteiger partial charge in [-0.2, -0.15) is 0 Å². The molecule has 0 bridgehead atoms. The molecular weight excluding hydrogens is 440 g/mol. The maximum absolute atomic E-state index is 12.4. The van der Waals surface area contributed by atoms with Crippen LogP contribution in [0.25, 0.3) is 11.0 Å². The Morgan fingerprint density at radius 1 is 1.15 bits per heavy atom. The van der Waals surface area contributed by atoms with Gasteiger partial charge in [0.25, 0.3) is 5.91 Å². The van der Waals surface area contributed by atoms with Gasteiger partial charge in [-0.3, -0.25) is 14.4 Å². The topological polar surface area (TPSA) is 119 Å². The highest BCUT2D eigenvalue weighted by Crippen LogP contribution is 2.24. The first kappa shape index (κ1) is 23.3. The molecule has 1 fully saturated rings. The summed E-state index contributed by atoms with van der Waals surface area (Å²) >= 11 is 0. The minimum absolute atomic E-state index is 0.0770. The Bertz CT molecular complexity index is 1300. The summed E-state index contributed by atoms with van der Waals surface area (Å²) in [7, 11) is 1.53. The average Bonchev–Trinajstić information content (AvgIpc) is 3.54. The van der Waals surface area contributed by atoms with Gasteiger partial charge in [0.2, 0.25) is 5.78 Å². The smallest absolute Gasteiger partial charge is 0.339 e. The molecule has 0 atom stereocenters. The molecular formula is C25H26N2O7. The van der Waals surface area contributed by atoms with Crippen molar-refractivity contribution in [3.8, 4) is 5.75 Å². The Balaban J connectivity index is 1.33. The zero-order chi connectivity index (χ0) is 24.2. The maximum atomic E-state index is 12.4. The van der Waals surface area contributed by atoms with Gasteiger partial charge in [0.1, 0.15) is 17.0 Å². The highest BCUT2D eigenvalue weighted by Gasteiger charge is 2.22. The molecule has 4 rings (SSSR count). The monoisotopic (exact) mass is 466 g/mol. The second kappa shape index (κ2) is 9.94. The Kier molecular flexibility index (Phi) is 6.81. The molecule has 3 aromatic rings. The Hall–Kier alpha value is -3.88. The summed E-state index contributed by atoms with van der Waals surface area (Å²) in [6.45, 7) is 2.77. The number of aromatic nitrogens is 1. The molecule has 0 unspecified atom stereocenters. The van der Waals surface area contributed by atoms with Crippen molar-refractivity contribution >= 4 is 28.6 Å². The van der Waals surface area contributed by atoms with E-state index in [1.54, 1.807) is 30.0 Å². The van der Waals surface area contributed by atoms with Crippen LogP contribution in [0.5, 0.6) is 5.75 Å². The minimum Gasteiger partial charge on any atom is -0.497 e. The number of hydrogen-bond acceptors (Lipinski definition) is 7. The van der Waals surface area contributed by atoms with Gasteiger partial charge < -0.3 is 23.8 Å². The van der Waals surface area contributed by atoms with Crippen molar-refractivity contribution in [3.05, 3.63) is 63.3 Å². The fraction of sp³-hybridized carbons (Fsp3) is 0.360. The predicted molar refractivity (Wildman–Crippen MR) is 123 cm³/mol. The maximum Gasteiger partial charge on any atom is 0.339 e. The lowest BCUT2D eigenvalue weighted by Crippen LogP contribution is -2.27. The third kappa shape index (κ3) is 4.88. The quantitative estimate of drug-likeness (QED) is 0.308. The number of fused-ring (bicyclic) bond motifs is 1. The molecule has 1 amide bonds. The van der Waals surface area contributed by atoms with Crippen LogP contribution in [0.15, 0.2) is 39.7 Å². The van der Waals surface area contributed by atoms with Crippen molar-refractivity contribution in [2.75, 3.05) is 26.8 Å². The lowest BCUT2D eigenvalue weighted by atomic mass is 10.0. The van der Waals surface area contributed by atoms with Crippen LogP contribution in [0.2, 0.25) is 0 Å². The molecule has 34 heavy (non-hydrogen) atoms. The number of aromatic amines is 1. The van der Waals surface area contributed by atoms with Crippen LogP contribution in [-0.4, -0.2) is 54.3 Å². The molecule has 9 heteroatoms. The molecule has 0 spiro atoms. The van der Waals surface area contributed by atoms with Gasteiger partial charge in [0, 0.05) is 48.3 Å². The summed E-state index contributed by atoms with van der Waals surface area (Å²) in [5.74, 6) is -0.589. The molecule has 9 nitrogen and oxygen atoms in total. The molecule has 1 N–H and O–H groups in total. The van der Waals surface area contributed by atoms with Gasteiger partial charge >= 0.3 is 11.6 Å². The number of esters is 1. The summed E-state index contributed by atoms with van der Waals surface area (Å²) in [5.41, 5.74) is 1.61. The number of carbonyl (C=O) groups excluding carboxylic acids is 3. The van der Waals surface area contributed by atoms with Crippen LogP contribution >= 0.6 is 0 Å². The first-order chi connectivity index (χ1) is 16.4. The largest absolute Gasteiger partial charge is 0.497 e. The predicted octanol–water partition coefficient (Wildman–Crippen LogP) is 3.03. The van der Waals surface area contributed by atoms with E-state index >= 15 is 0 Å². The molecule has 2 aromatic heterocycles. The second-order valence-electron chi connectivity index (χ2n) is 8.24. The van der Waals surface area contributed by atoms with Crippen molar-refractivity contribution in [2.24, 2.45) is 0 Å². The molecule has 0 radical (unpaired) electrons. The number of likely N-dealkylation sites (tertiary alicyclic amines) is 1. The SMILES string of the molecule is COc1ccc2c(C)c(CCC(=O)OCC(=O)c3c[nH]c(C(=O)N4CCCC4)c3)c(=O)oc2c1. The van der Waals surface area contributed by atoms with Gasteiger partial charge in [-0.15, -0.1) is 0 Å². The summed E-state index contributed by atoms with van der Waals surface area (Å²) in [5, 5.41) is 0.755. The molecule has 1 aliphatic rings. The van der Waals surface area contributed by atoms with Crippen molar-refractivity contribution in [1.29, 1.82) is 0 Å². The number of H-pyrrole nitrogens is 1. The lowest BCUT2D eigenvalue weighted by Gasteiger charge is -2.13. The van der Waals surface area contributed by atoms with Crippen molar-refractivity contribution in [1.82, 2.24) is 9.88 Å². The van der Waals surface area contributed by atoms with E-state index in [4.69, 9.17) is 13.9 Å². The number of carbonyl (C=O) groups is 3. The number of hydrogen-bond donors (Lipinski definition) is 1. The molecule has 0 saturated carbocycles. The van der Waals surface area contributed by atoms with E-state index in [0.29, 0.717) is 35.7 Å². The highest BCUT2D eigenvalue weighted by atomic mass is 16.5. The van der Waals surface area contributed by atoms with Crippen molar-refractivity contribution in [2.45, 2.75) is 32.6 Å². The van der Waals surface area contributed by atoms with E-state index in [-0.39, 0.29) is 24.3 Å². The zero-order valence-corrected chi connectivity index (χ0v) is 19.1. The van der Waals surface area contributed by atoms with Crippen LogP contribution in [0.1, 0.15) is 51.2 Å². The number of rotatable bonds is 8. The van der Waals surface area contributed by atoms with E-state index in [1.807, 2.05) is 0 Å². The van der Waals surface area contributed by atoms with Crippen molar-refractivity contribution in [3.63, 3.8) is 0 Å². The number of ether oxygens (including phenoxy) is 2. The average molecular weight is 466 g/mol. The summed E-state index contributed by atoms with van der Waals surface area (Å²) in [4.78, 5) is 54.0. The molecule has 1 aromatic carbocycles. The minimum atomic E-state index is -0.606. The summed E-state index contributed by atoms with van der Waals surface area (Å²) in [6.07, 6.45) is 3.44. The summed E-state index contributed by atoms with van der Waals surface area (Å²) < 4.78 is 15.6. The van der Waals surface area contributed by atoms with Crippen LogP contribution in [0.3, 0.4) is 0 Å². The normalized spacial score (nSPS) is 13.3. The Morgan fingerprint density at radius 3 is 2.65 bits per heavy atom. The van der Waals surface area contributed by atoms with E-state index in [0.717, 1.165) is 23.8 Å². The van der Waals surface area contributed by atoms with Crippen molar-refractivity contribution < 1.29 is 28.3 Å². The van der Waals surface area contributed by atoms with E-state index in [9.17, 15) is 19.2 Å². The number of methoxy groups -OCH3 is 1. The number of nitrogens with one attached hydrogen (secondary N) is 1. The van der Waals surface area contributed by atoms with Gasteiger partial charge in [-0.1, -0.05) is 0 Å². The number of ketones is 1. The molecule has 3 heterocycles. The van der Waals surface area contributed by atoms with Gasteiger partial charge in [-0.05, 0) is 49.9 Å². The first-order valence-electron chi connectivity index (χ1n) is 11.1.